The van der Waals surface area contributed by atoms with Gasteiger partial charge in [-0.3, -0.25) is 9.80 Å². The standard InChI is InChI=1S/C19H31N3/c1-3-17-4-6-18(7-5-17)16-21-10-8-19(9-11-21)22-14-12-20(2)13-15-22/h4-7,19H,3,8-16H2,1-2H3/p+1. The van der Waals surface area contributed by atoms with E-state index in [1.807, 2.05) is 0 Å². The first-order valence-corrected chi connectivity index (χ1v) is 9.10. The average Bonchev–Trinajstić information content (AvgIpc) is 2.57. The minimum absolute atomic E-state index is 0.840. The fourth-order valence-electron chi connectivity index (χ4n) is 3.85. The highest BCUT2D eigenvalue weighted by molar-refractivity contribution is 5.22. The van der Waals surface area contributed by atoms with E-state index in [9.17, 15) is 0 Å². The van der Waals surface area contributed by atoms with Crippen molar-refractivity contribution in [3.8, 4) is 0 Å². The normalized spacial score (nSPS) is 23.0. The third-order valence-electron chi connectivity index (χ3n) is 5.56. The van der Waals surface area contributed by atoms with Gasteiger partial charge in [-0.25, -0.2) is 0 Å². The Morgan fingerprint density at radius 3 is 2.14 bits per heavy atom. The summed E-state index contributed by atoms with van der Waals surface area (Å²) in [6.45, 7) is 11.1. The Bertz CT molecular complexity index is 440. The van der Waals surface area contributed by atoms with E-state index in [0.29, 0.717) is 0 Å². The maximum absolute atomic E-state index is 2.75. The van der Waals surface area contributed by atoms with E-state index in [1.165, 1.54) is 63.2 Å². The highest BCUT2D eigenvalue weighted by Gasteiger charge is 2.27. The molecule has 0 atom stereocenters. The molecule has 3 heteroatoms. The number of aryl methyl sites for hydroxylation is 1. The van der Waals surface area contributed by atoms with Gasteiger partial charge in [-0.05, 0) is 43.5 Å². The molecule has 0 bridgehead atoms. The second-order valence-corrected chi connectivity index (χ2v) is 7.17. The second-order valence-electron chi connectivity index (χ2n) is 7.17. The molecular weight excluding hydrogens is 270 g/mol. The van der Waals surface area contributed by atoms with Gasteiger partial charge in [-0.2, -0.15) is 0 Å². The molecule has 0 radical (unpaired) electrons. The summed E-state index contributed by atoms with van der Waals surface area (Å²) >= 11 is 0. The Kier molecular flexibility index (Phi) is 5.51. The SMILES string of the molecule is CCc1ccc(CN2CCC(N3CC[NH+](C)CC3)CC2)cc1. The number of likely N-dealkylation sites (tertiary alicyclic amines) is 1. The highest BCUT2D eigenvalue weighted by atomic mass is 15.3. The van der Waals surface area contributed by atoms with Gasteiger partial charge in [0.1, 0.15) is 0 Å². The average molecular weight is 302 g/mol. The van der Waals surface area contributed by atoms with Crippen LogP contribution in [0.15, 0.2) is 24.3 Å². The van der Waals surface area contributed by atoms with Gasteiger partial charge < -0.3 is 4.90 Å². The number of nitrogens with one attached hydrogen (secondary N) is 1. The van der Waals surface area contributed by atoms with Crippen molar-refractivity contribution in [3.05, 3.63) is 35.4 Å². The zero-order valence-electron chi connectivity index (χ0n) is 14.4. The van der Waals surface area contributed by atoms with Crippen LogP contribution >= 0.6 is 0 Å². The quantitative estimate of drug-likeness (QED) is 0.891. The second kappa shape index (κ2) is 7.58. The molecule has 3 nitrogen and oxygen atoms in total. The molecule has 22 heavy (non-hydrogen) atoms. The van der Waals surface area contributed by atoms with Crippen LogP contribution in [0.4, 0.5) is 0 Å². The van der Waals surface area contributed by atoms with Gasteiger partial charge in [-0.15, -0.1) is 0 Å². The summed E-state index contributed by atoms with van der Waals surface area (Å²) in [6, 6.07) is 10.0. The van der Waals surface area contributed by atoms with E-state index in [2.05, 4.69) is 48.0 Å². The Labute approximate surface area is 135 Å². The number of quaternary nitrogens is 1. The Hall–Kier alpha value is -0.900. The van der Waals surface area contributed by atoms with Gasteiger partial charge in [0.2, 0.25) is 0 Å². The van der Waals surface area contributed by atoms with Crippen LogP contribution in [0.2, 0.25) is 0 Å². The van der Waals surface area contributed by atoms with Crippen molar-refractivity contribution in [2.75, 3.05) is 46.3 Å². The van der Waals surface area contributed by atoms with E-state index in [0.717, 1.165) is 19.0 Å². The summed E-state index contributed by atoms with van der Waals surface area (Å²) in [5, 5.41) is 0. The van der Waals surface area contributed by atoms with Crippen molar-refractivity contribution in [3.63, 3.8) is 0 Å². The predicted octanol–water partition coefficient (Wildman–Crippen LogP) is 1.04. The van der Waals surface area contributed by atoms with Gasteiger partial charge in [0.05, 0.1) is 20.1 Å². The number of piperidine rings is 1. The molecule has 1 N–H and O–H groups in total. The van der Waals surface area contributed by atoms with Crippen molar-refractivity contribution < 1.29 is 4.90 Å². The molecule has 0 aliphatic carbocycles. The van der Waals surface area contributed by atoms with Crippen LogP contribution in [0, 0.1) is 0 Å². The Balaban J connectivity index is 1.45. The molecule has 2 fully saturated rings. The third-order valence-corrected chi connectivity index (χ3v) is 5.56. The van der Waals surface area contributed by atoms with E-state index >= 15 is 0 Å². The van der Waals surface area contributed by atoms with Crippen molar-refractivity contribution in [1.82, 2.24) is 9.80 Å². The predicted molar refractivity (Wildman–Crippen MR) is 92.3 cm³/mol. The molecule has 0 saturated carbocycles. The van der Waals surface area contributed by atoms with E-state index < -0.39 is 0 Å². The number of hydrogen-bond donors (Lipinski definition) is 1. The first-order chi connectivity index (χ1) is 10.7. The highest BCUT2D eigenvalue weighted by Crippen LogP contribution is 2.18. The maximum atomic E-state index is 2.75. The molecule has 2 saturated heterocycles. The van der Waals surface area contributed by atoms with Gasteiger partial charge in [-0.1, -0.05) is 31.2 Å². The van der Waals surface area contributed by atoms with Crippen LogP contribution in [0.25, 0.3) is 0 Å². The molecule has 0 aromatic heterocycles. The first kappa shape index (κ1) is 16.0. The summed E-state index contributed by atoms with van der Waals surface area (Å²) in [5.74, 6) is 0. The van der Waals surface area contributed by atoms with Crippen LogP contribution in [-0.2, 0) is 13.0 Å². The van der Waals surface area contributed by atoms with Crippen molar-refractivity contribution in [2.45, 2.75) is 38.8 Å². The maximum Gasteiger partial charge on any atom is 0.0898 e. The monoisotopic (exact) mass is 302 g/mol. The number of benzene rings is 1. The lowest BCUT2D eigenvalue weighted by atomic mass is 10.0. The Morgan fingerprint density at radius 2 is 1.55 bits per heavy atom. The first-order valence-electron chi connectivity index (χ1n) is 9.10. The summed E-state index contributed by atoms with van der Waals surface area (Å²) in [7, 11) is 2.32. The summed E-state index contributed by atoms with van der Waals surface area (Å²) < 4.78 is 0. The molecule has 0 unspecified atom stereocenters. The fourth-order valence-corrected chi connectivity index (χ4v) is 3.85. The molecule has 2 heterocycles. The Morgan fingerprint density at radius 1 is 0.955 bits per heavy atom. The summed E-state index contributed by atoms with van der Waals surface area (Å²) in [6.07, 6.45) is 3.84. The molecule has 0 amide bonds. The number of rotatable bonds is 4. The van der Waals surface area contributed by atoms with Crippen LogP contribution in [-0.4, -0.2) is 62.2 Å². The van der Waals surface area contributed by atoms with Crippen LogP contribution in [0.1, 0.15) is 30.9 Å². The largest absolute Gasteiger partial charge is 0.335 e. The minimum atomic E-state index is 0.840. The number of nitrogens with zero attached hydrogens (tertiary/aromatic N) is 2. The minimum Gasteiger partial charge on any atom is -0.335 e. The molecule has 122 valence electrons. The zero-order valence-corrected chi connectivity index (χ0v) is 14.4. The van der Waals surface area contributed by atoms with Gasteiger partial charge >= 0.3 is 0 Å². The van der Waals surface area contributed by atoms with Gasteiger partial charge in [0.25, 0.3) is 0 Å². The van der Waals surface area contributed by atoms with Crippen molar-refractivity contribution >= 4 is 0 Å². The lowest BCUT2D eigenvalue weighted by Gasteiger charge is -2.40. The molecule has 1 aromatic carbocycles. The number of hydrogen-bond acceptors (Lipinski definition) is 2. The molecule has 3 rings (SSSR count). The molecule has 0 spiro atoms. The third kappa shape index (κ3) is 4.09. The summed E-state index contributed by atoms with van der Waals surface area (Å²) in [5.41, 5.74) is 2.92. The molecule has 2 aliphatic rings. The smallest absolute Gasteiger partial charge is 0.0898 e. The van der Waals surface area contributed by atoms with Crippen molar-refractivity contribution in [2.24, 2.45) is 0 Å². The van der Waals surface area contributed by atoms with Crippen molar-refractivity contribution in [1.29, 1.82) is 0 Å². The zero-order chi connectivity index (χ0) is 15.4. The van der Waals surface area contributed by atoms with Gasteiger partial charge in [0, 0.05) is 25.7 Å². The number of likely N-dealkylation sites (N-methyl/N-ethyl adjacent to an activating group) is 1. The fraction of sp³-hybridized carbons (Fsp3) is 0.684. The lowest BCUT2D eigenvalue weighted by molar-refractivity contribution is -0.884. The molecule has 2 aliphatic heterocycles. The topological polar surface area (TPSA) is 10.9 Å². The van der Waals surface area contributed by atoms with E-state index in [-0.39, 0.29) is 0 Å². The van der Waals surface area contributed by atoms with Crippen LogP contribution < -0.4 is 4.90 Å². The molecular formula is C19H32N3+. The van der Waals surface area contributed by atoms with Gasteiger partial charge in [0.15, 0.2) is 0 Å². The summed E-state index contributed by atoms with van der Waals surface area (Å²) in [4.78, 5) is 7.09. The van der Waals surface area contributed by atoms with Crippen LogP contribution in [0.5, 0.6) is 0 Å². The molecule has 1 aromatic rings. The lowest BCUT2D eigenvalue weighted by Crippen LogP contribution is -3.12. The van der Waals surface area contributed by atoms with E-state index in [4.69, 9.17) is 0 Å². The number of piperazine rings is 1. The van der Waals surface area contributed by atoms with Crippen LogP contribution in [0.3, 0.4) is 0 Å². The van der Waals surface area contributed by atoms with E-state index in [1.54, 1.807) is 4.90 Å².